The number of carbonyl (C=O) groups excluding carboxylic acids is 2. The molecular formula is C27H38N6O2. The Hall–Kier alpha value is -3.16. The lowest BCUT2D eigenvalue weighted by Crippen LogP contribution is -2.41. The summed E-state index contributed by atoms with van der Waals surface area (Å²) in [4.78, 5) is 36.1. The molecule has 1 saturated heterocycles. The van der Waals surface area contributed by atoms with E-state index in [2.05, 4.69) is 34.4 Å². The number of nitrogens with one attached hydrogen (secondary N) is 2. The Labute approximate surface area is 208 Å². The Morgan fingerprint density at radius 3 is 2.51 bits per heavy atom. The van der Waals surface area contributed by atoms with Gasteiger partial charge in [-0.15, -0.1) is 0 Å². The molecule has 2 aromatic heterocycles. The highest BCUT2D eigenvalue weighted by molar-refractivity contribution is 5.94. The van der Waals surface area contributed by atoms with Crippen molar-refractivity contribution in [1.29, 1.82) is 0 Å². The summed E-state index contributed by atoms with van der Waals surface area (Å²) in [6.07, 6.45) is 9.42. The fourth-order valence-electron chi connectivity index (χ4n) is 4.91. The molecule has 188 valence electrons. The van der Waals surface area contributed by atoms with Gasteiger partial charge in [0, 0.05) is 48.9 Å². The summed E-state index contributed by atoms with van der Waals surface area (Å²) in [6, 6.07) is 7.86. The van der Waals surface area contributed by atoms with E-state index in [9.17, 15) is 9.59 Å². The molecule has 4 N–H and O–H groups in total. The number of carbonyl (C=O) groups is 2. The van der Waals surface area contributed by atoms with E-state index >= 15 is 0 Å². The molecule has 0 bridgehead atoms. The molecule has 0 radical (unpaired) electrons. The molecule has 35 heavy (non-hydrogen) atoms. The third kappa shape index (κ3) is 6.71. The highest BCUT2D eigenvalue weighted by Gasteiger charge is 2.26. The third-order valence-corrected chi connectivity index (χ3v) is 6.98. The van der Waals surface area contributed by atoms with E-state index in [4.69, 9.17) is 10.7 Å². The summed E-state index contributed by atoms with van der Waals surface area (Å²) < 4.78 is 0. The zero-order valence-corrected chi connectivity index (χ0v) is 20.9. The lowest BCUT2D eigenvalue weighted by Gasteiger charge is -2.32. The zero-order valence-electron chi connectivity index (χ0n) is 20.9. The maximum absolute atomic E-state index is 12.5. The second kappa shape index (κ2) is 11.5. The van der Waals surface area contributed by atoms with Gasteiger partial charge in [0.05, 0.1) is 5.69 Å². The number of piperidine rings is 1. The average Bonchev–Trinajstić information content (AvgIpc) is 2.88. The van der Waals surface area contributed by atoms with E-state index in [1.165, 1.54) is 19.3 Å². The van der Waals surface area contributed by atoms with Crippen molar-refractivity contribution < 1.29 is 9.59 Å². The number of hydrogen-bond donors (Lipinski definition) is 3. The van der Waals surface area contributed by atoms with Gasteiger partial charge in [-0.2, -0.15) is 0 Å². The molecule has 0 spiro atoms. The van der Waals surface area contributed by atoms with Gasteiger partial charge in [-0.1, -0.05) is 33.1 Å². The van der Waals surface area contributed by atoms with Crippen LogP contribution in [-0.2, 0) is 4.79 Å². The van der Waals surface area contributed by atoms with Crippen molar-refractivity contribution in [3.8, 4) is 11.3 Å². The molecule has 0 unspecified atom stereocenters. The molecule has 1 saturated carbocycles. The van der Waals surface area contributed by atoms with Gasteiger partial charge in [-0.25, -0.2) is 9.97 Å². The number of amides is 2. The van der Waals surface area contributed by atoms with E-state index in [-0.39, 0.29) is 11.8 Å². The van der Waals surface area contributed by atoms with Gasteiger partial charge < -0.3 is 21.3 Å². The fraction of sp³-hybridized carbons (Fsp3) is 0.556. The summed E-state index contributed by atoms with van der Waals surface area (Å²) in [5.41, 5.74) is 7.69. The van der Waals surface area contributed by atoms with Crippen molar-refractivity contribution in [2.75, 3.05) is 29.9 Å². The number of nitrogens with zero attached hydrogens (tertiary/aromatic N) is 3. The zero-order chi connectivity index (χ0) is 24.8. The van der Waals surface area contributed by atoms with Crippen LogP contribution in [-0.4, -0.2) is 47.5 Å². The van der Waals surface area contributed by atoms with Crippen molar-refractivity contribution in [2.24, 2.45) is 17.6 Å². The normalized spacial score (nSPS) is 17.4. The summed E-state index contributed by atoms with van der Waals surface area (Å²) in [6.45, 7) is 6.30. The van der Waals surface area contributed by atoms with Gasteiger partial charge in [0.25, 0.3) is 0 Å². The molecule has 8 nitrogen and oxygen atoms in total. The number of anilines is 2. The highest BCUT2D eigenvalue weighted by Crippen LogP contribution is 2.28. The summed E-state index contributed by atoms with van der Waals surface area (Å²) >= 11 is 0. The Bertz CT molecular complexity index is 1030. The maximum Gasteiger partial charge on any atom is 0.248 e. The van der Waals surface area contributed by atoms with Crippen molar-refractivity contribution in [3.05, 3.63) is 36.0 Å². The lowest BCUT2D eigenvalue weighted by atomic mass is 9.95. The predicted molar refractivity (Wildman–Crippen MR) is 139 cm³/mol. The maximum atomic E-state index is 12.5. The largest absolute Gasteiger partial charge is 0.367 e. The quantitative estimate of drug-likeness (QED) is 0.529. The first-order chi connectivity index (χ1) is 16.9. The van der Waals surface area contributed by atoms with Crippen LogP contribution in [0.2, 0.25) is 0 Å². The first-order valence-electron chi connectivity index (χ1n) is 13.0. The summed E-state index contributed by atoms with van der Waals surface area (Å²) in [7, 11) is 0. The molecule has 0 aromatic carbocycles. The number of primary amides is 1. The van der Waals surface area contributed by atoms with Crippen molar-refractivity contribution in [2.45, 2.75) is 64.8 Å². The molecule has 1 aliphatic heterocycles. The van der Waals surface area contributed by atoms with E-state index in [0.29, 0.717) is 42.9 Å². The van der Waals surface area contributed by atoms with E-state index in [1.54, 1.807) is 18.3 Å². The van der Waals surface area contributed by atoms with Crippen LogP contribution in [0.15, 0.2) is 30.5 Å². The summed E-state index contributed by atoms with van der Waals surface area (Å²) in [5.74, 6) is 1.65. The predicted octanol–water partition coefficient (Wildman–Crippen LogP) is 3.98. The molecule has 2 fully saturated rings. The van der Waals surface area contributed by atoms with Crippen LogP contribution < -0.4 is 21.3 Å². The van der Waals surface area contributed by atoms with Gasteiger partial charge in [0.1, 0.15) is 11.6 Å². The first kappa shape index (κ1) is 24.9. The number of nitrogens with two attached hydrogens (primary N) is 1. The molecule has 1 aliphatic carbocycles. The molecular weight excluding hydrogens is 440 g/mol. The minimum atomic E-state index is -0.479. The lowest BCUT2D eigenvalue weighted by molar-refractivity contribution is -0.125. The third-order valence-electron chi connectivity index (χ3n) is 6.98. The second-order valence-corrected chi connectivity index (χ2v) is 10.3. The molecule has 8 heteroatoms. The monoisotopic (exact) mass is 478 g/mol. The first-order valence-corrected chi connectivity index (χ1v) is 13.0. The minimum Gasteiger partial charge on any atom is -0.367 e. The van der Waals surface area contributed by atoms with E-state index in [1.807, 2.05) is 12.1 Å². The minimum absolute atomic E-state index is 0.0115. The average molecular weight is 479 g/mol. The van der Waals surface area contributed by atoms with Crippen molar-refractivity contribution >= 4 is 23.5 Å². The topological polar surface area (TPSA) is 113 Å². The number of rotatable bonds is 8. The van der Waals surface area contributed by atoms with E-state index in [0.717, 1.165) is 42.9 Å². The van der Waals surface area contributed by atoms with Crippen molar-refractivity contribution in [3.63, 3.8) is 0 Å². The van der Waals surface area contributed by atoms with Crippen LogP contribution in [0, 0.1) is 11.8 Å². The molecule has 3 heterocycles. The number of hydrogen-bond acceptors (Lipinski definition) is 6. The van der Waals surface area contributed by atoms with Crippen LogP contribution in [0.1, 0.15) is 69.2 Å². The number of aromatic nitrogens is 2. The molecule has 2 amide bonds. The van der Waals surface area contributed by atoms with Crippen LogP contribution in [0.5, 0.6) is 0 Å². The van der Waals surface area contributed by atoms with Crippen LogP contribution in [0.25, 0.3) is 11.3 Å². The Morgan fingerprint density at radius 1 is 1.09 bits per heavy atom. The summed E-state index contributed by atoms with van der Waals surface area (Å²) in [5, 5.41) is 6.61. The Morgan fingerprint density at radius 2 is 1.83 bits per heavy atom. The molecule has 4 rings (SSSR count). The molecule has 2 aliphatic rings. The smallest absolute Gasteiger partial charge is 0.248 e. The molecule has 0 atom stereocenters. The Balaban J connectivity index is 1.49. The van der Waals surface area contributed by atoms with Crippen molar-refractivity contribution in [1.82, 2.24) is 15.3 Å². The fourth-order valence-corrected chi connectivity index (χ4v) is 4.91. The van der Waals surface area contributed by atoms with Crippen LogP contribution in [0.3, 0.4) is 0 Å². The van der Waals surface area contributed by atoms with Gasteiger partial charge >= 0.3 is 0 Å². The standard InChI is InChI=1S/C27H38N6O2/c1-18(2)17-30-27(35)19-9-12-33(13-10-19)25-16-21(26(28)34)14-23(32-25)20-8-11-29-24(15-20)31-22-6-4-3-5-7-22/h8,11,14-16,18-19,22H,3-7,9-10,12-13,17H2,1-2H3,(H2,28,34)(H,29,31)(H,30,35). The SMILES string of the molecule is CC(C)CNC(=O)C1CCN(c2cc(C(N)=O)cc(-c3ccnc(NC4CCCCC4)c3)n2)CC1. The van der Waals surface area contributed by atoms with Gasteiger partial charge in [-0.05, 0) is 55.9 Å². The van der Waals surface area contributed by atoms with Crippen LogP contribution in [0.4, 0.5) is 11.6 Å². The Kier molecular flexibility index (Phi) is 8.21. The number of pyridine rings is 2. The van der Waals surface area contributed by atoms with Crippen LogP contribution >= 0.6 is 0 Å². The second-order valence-electron chi connectivity index (χ2n) is 10.3. The van der Waals surface area contributed by atoms with Gasteiger partial charge in [-0.3, -0.25) is 9.59 Å². The van der Waals surface area contributed by atoms with Gasteiger partial charge in [0.15, 0.2) is 0 Å². The molecule has 2 aromatic rings. The van der Waals surface area contributed by atoms with E-state index < -0.39 is 5.91 Å². The highest BCUT2D eigenvalue weighted by atomic mass is 16.2. The van der Waals surface area contributed by atoms with Gasteiger partial charge in [0.2, 0.25) is 11.8 Å².